The van der Waals surface area contributed by atoms with E-state index in [1.165, 1.54) is 4.90 Å². The van der Waals surface area contributed by atoms with Gasteiger partial charge in [-0.3, -0.25) is 9.59 Å². The predicted octanol–water partition coefficient (Wildman–Crippen LogP) is 2.94. The van der Waals surface area contributed by atoms with Crippen molar-refractivity contribution in [2.24, 2.45) is 5.92 Å². The Hall–Kier alpha value is -2.33. The van der Waals surface area contributed by atoms with Crippen molar-refractivity contribution in [3.8, 4) is 0 Å². The largest absolute Gasteiger partial charge is 0.433 e. The van der Waals surface area contributed by atoms with Gasteiger partial charge in [0.05, 0.1) is 10.5 Å². The van der Waals surface area contributed by atoms with Gasteiger partial charge < -0.3 is 14.9 Å². The highest BCUT2D eigenvalue weighted by Gasteiger charge is 2.41. The van der Waals surface area contributed by atoms with Crippen LogP contribution in [0.25, 0.3) is 5.52 Å². The molecule has 3 heterocycles. The lowest BCUT2D eigenvalue weighted by Gasteiger charge is -2.45. The molecule has 3 aliphatic rings. The lowest BCUT2D eigenvalue weighted by molar-refractivity contribution is -0.142. The third kappa shape index (κ3) is 3.63. The van der Waals surface area contributed by atoms with Gasteiger partial charge in [0.25, 0.3) is 5.91 Å². The Morgan fingerprint density at radius 1 is 1.22 bits per heavy atom. The minimum Gasteiger partial charge on any atom is -0.396 e. The number of piperazine rings is 1. The van der Waals surface area contributed by atoms with Crippen molar-refractivity contribution in [2.45, 2.75) is 43.8 Å². The number of nitrogens with zero attached hydrogens (tertiary/aromatic N) is 4. The number of hydrogen-bond donors (Lipinski definition) is 1. The number of hydrogen-bond acceptors (Lipinski definition) is 4. The molecular formula is C21H22ClF3N4O3. The first kappa shape index (κ1) is 21.5. The number of halogens is 4. The number of amides is 2. The standard InChI is InChI=1S/C21H22ClF3N4O3/c22-18-15-7-13(12-1-2-12)8-16(21(23,24)25)29(15)26-19(18)20(32)27-3-4-28(17(31)9-27)14-5-11(6-14)10-30/h7-8,11-12,14,30H,1-6,9-10H2/t11-,14-. The number of aliphatic hydroxyl groups excluding tert-OH is 1. The van der Waals surface area contributed by atoms with Crippen LogP contribution in [0.2, 0.25) is 5.02 Å². The van der Waals surface area contributed by atoms with E-state index in [-0.39, 0.29) is 59.7 Å². The van der Waals surface area contributed by atoms with Gasteiger partial charge in [0.1, 0.15) is 12.2 Å². The van der Waals surface area contributed by atoms with Gasteiger partial charge in [-0.1, -0.05) is 11.6 Å². The maximum atomic E-state index is 13.7. The van der Waals surface area contributed by atoms with E-state index < -0.39 is 17.8 Å². The van der Waals surface area contributed by atoms with Gasteiger partial charge in [0.15, 0.2) is 5.69 Å². The smallest absolute Gasteiger partial charge is 0.396 e. The number of rotatable bonds is 4. The SMILES string of the molecule is O=C(c1nn2c(C(F)(F)F)cc(C3CC3)cc2c1Cl)N1CCN([C@H]2C[C@H](CO)C2)C(=O)C1. The second-order valence-corrected chi connectivity index (χ2v) is 9.27. The fourth-order valence-electron chi connectivity index (χ4n) is 4.63. The van der Waals surface area contributed by atoms with Crippen LogP contribution in [0.4, 0.5) is 13.2 Å². The summed E-state index contributed by atoms with van der Waals surface area (Å²) in [5.74, 6) is -0.617. The van der Waals surface area contributed by atoms with E-state index in [1.54, 1.807) is 11.0 Å². The molecule has 0 aromatic carbocycles. The number of pyridine rings is 1. The molecule has 0 spiro atoms. The number of aromatic nitrogens is 2. The maximum Gasteiger partial charge on any atom is 0.433 e. The Morgan fingerprint density at radius 2 is 1.94 bits per heavy atom. The summed E-state index contributed by atoms with van der Waals surface area (Å²) >= 11 is 6.35. The lowest BCUT2D eigenvalue weighted by Crippen LogP contribution is -2.58. The summed E-state index contributed by atoms with van der Waals surface area (Å²) in [6.45, 7) is 0.493. The molecule has 1 saturated heterocycles. The third-order valence-corrected chi connectivity index (χ3v) is 7.06. The first-order valence-corrected chi connectivity index (χ1v) is 11.0. The average Bonchev–Trinajstić information content (AvgIpc) is 3.51. The highest BCUT2D eigenvalue weighted by Crippen LogP contribution is 2.43. The molecule has 172 valence electrons. The lowest BCUT2D eigenvalue weighted by atomic mass is 9.79. The second kappa shape index (κ2) is 7.62. The van der Waals surface area contributed by atoms with Crippen LogP contribution in [0.3, 0.4) is 0 Å². The molecule has 1 N–H and O–H groups in total. The number of alkyl halides is 3. The first-order chi connectivity index (χ1) is 15.2. The summed E-state index contributed by atoms with van der Waals surface area (Å²) in [5, 5.41) is 13.0. The minimum absolute atomic E-state index is 0.0428. The van der Waals surface area contributed by atoms with Crippen molar-refractivity contribution in [3.05, 3.63) is 34.1 Å². The summed E-state index contributed by atoms with van der Waals surface area (Å²) in [6.07, 6.45) is -1.56. The van der Waals surface area contributed by atoms with E-state index in [9.17, 15) is 22.8 Å². The number of fused-ring (bicyclic) bond motifs is 1. The molecule has 3 fully saturated rings. The highest BCUT2D eigenvalue weighted by molar-refractivity contribution is 6.36. The molecule has 2 amide bonds. The molecule has 2 aromatic rings. The van der Waals surface area contributed by atoms with Crippen LogP contribution in [0.15, 0.2) is 12.1 Å². The van der Waals surface area contributed by atoms with Gasteiger partial charge in [-0.2, -0.15) is 18.3 Å². The van der Waals surface area contributed by atoms with E-state index in [1.807, 2.05) is 0 Å². The predicted molar refractivity (Wildman–Crippen MR) is 108 cm³/mol. The molecule has 0 bridgehead atoms. The van der Waals surface area contributed by atoms with Gasteiger partial charge in [-0.15, -0.1) is 0 Å². The molecular weight excluding hydrogens is 449 g/mol. The van der Waals surface area contributed by atoms with E-state index in [0.29, 0.717) is 16.6 Å². The molecule has 2 saturated carbocycles. The minimum atomic E-state index is -4.66. The van der Waals surface area contributed by atoms with Gasteiger partial charge in [-0.25, -0.2) is 4.52 Å². The van der Waals surface area contributed by atoms with Crippen LogP contribution < -0.4 is 0 Å². The summed E-state index contributed by atoms with van der Waals surface area (Å²) in [7, 11) is 0. The van der Waals surface area contributed by atoms with Crippen LogP contribution in [-0.2, 0) is 11.0 Å². The number of carbonyl (C=O) groups excluding carboxylic acids is 2. The Labute approximate surface area is 186 Å². The monoisotopic (exact) mass is 470 g/mol. The Bertz CT molecular complexity index is 1090. The first-order valence-electron chi connectivity index (χ1n) is 10.7. The van der Waals surface area contributed by atoms with Crippen LogP contribution in [0.5, 0.6) is 0 Å². The molecule has 32 heavy (non-hydrogen) atoms. The normalized spacial score (nSPS) is 24.2. The number of aliphatic hydroxyl groups is 1. The van der Waals surface area contributed by atoms with Crippen molar-refractivity contribution in [1.29, 1.82) is 0 Å². The molecule has 0 radical (unpaired) electrons. The zero-order valence-corrected chi connectivity index (χ0v) is 17.9. The molecule has 11 heteroatoms. The topological polar surface area (TPSA) is 78.2 Å². The Morgan fingerprint density at radius 3 is 2.53 bits per heavy atom. The van der Waals surface area contributed by atoms with E-state index in [2.05, 4.69) is 5.10 Å². The van der Waals surface area contributed by atoms with Crippen molar-refractivity contribution in [1.82, 2.24) is 19.4 Å². The molecule has 1 aliphatic heterocycles. The summed E-state index contributed by atoms with van der Waals surface area (Å²) < 4.78 is 41.7. The quantitative estimate of drug-likeness (QED) is 0.745. The Kier molecular flexibility index (Phi) is 5.12. The molecule has 2 aromatic heterocycles. The molecule has 2 aliphatic carbocycles. The van der Waals surface area contributed by atoms with Gasteiger partial charge >= 0.3 is 6.18 Å². The fourth-order valence-corrected chi connectivity index (χ4v) is 4.88. The Balaban J connectivity index is 1.41. The maximum absolute atomic E-state index is 13.7. The van der Waals surface area contributed by atoms with E-state index in [0.717, 1.165) is 31.7 Å². The van der Waals surface area contributed by atoms with Gasteiger partial charge in [0, 0.05) is 25.7 Å². The van der Waals surface area contributed by atoms with Crippen LogP contribution in [0.1, 0.15) is 53.3 Å². The second-order valence-electron chi connectivity index (χ2n) is 8.89. The molecule has 5 rings (SSSR count). The highest BCUT2D eigenvalue weighted by atomic mass is 35.5. The third-order valence-electron chi connectivity index (χ3n) is 6.69. The van der Waals surface area contributed by atoms with Gasteiger partial charge in [-0.05, 0) is 55.2 Å². The van der Waals surface area contributed by atoms with Crippen LogP contribution in [0, 0.1) is 5.92 Å². The van der Waals surface area contributed by atoms with E-state index >= 15 is 0 Å². The number of carbonyl (C=O) groups is 2. The fraction of sp³-hybridized carbons (Fsp3) is 0.571. The van der Waals surface area contributed by atoms with Gasteiger partial charge in [0.2, 0.25) is 5.91 Å². The van der Waals surface area contributed by atoms with Crippen LogP contribution in [-0.4, -0.2) is 68.6 Å². The zero-order valence-electron chi connectivity index (χ0n) is 17.1. The van der Waals surface area contributed by atoms with Crippen molar-refractivity contribution < 1.29 is 27.9 Å². The zero-order chi connectivity index (χ0) is 22.8. The summed E-state index contributed by atoms with van der Waals surface area (Å²) in [5.41, 5.74) is -0.671. The molecule has 0 atom stereocenters. The molecule has 0 unspecified atom stereocenters. The van der Waals surface area contributed by atoms with Crippen molar-refractivity contribution in [2.75, 3.05) is 26.2 Å². The van der Waals surface area contributed by atoms with Crippen LogP contribution >= 0.6 is 11.6 Å². The molecule has 7 nitrogen and oxygen atoms in total. The van der Waals surface area contributed by atoms with Crippen molar-refractivity contribution >= 4 is 28.9 Å². The average molecular weight is 471 g/mol. The van der Waals surface area contributed by atoms with Crippen molar-refractivity contribution in [3.63, 3.8) is 0 Å². The summed E-state index contributed by atoms with van der Waals surface area (Å²) in [4.78, 5) is 28.7. The summed E-state index contributed by atoms with van der Waals surface area (Å²) in [6, 6.07) is 2.70. The van der Waals surface area contributed by atoms with E-state index in [4.69, 9.17) is 16.7 Å².